The number of ketones is 1. The maximum atomic E-state index is 13.3. The average Bonchev–Trinajstić information content (AvgIpc) is 3.14. The molecular formula is C28H29N3O4. The number of Topliss-reactive ketones (excluding diaryl/α,β-unsaturated/α-hetero) is 1. The molecule has 0 spiro atoms. The Morgan fingerprint density at radius 1 is 0.800 bits per heavy atom. The standard InChI is InChI=1S/C28H29N3O4/c1-29(2)20-10-6-18(7-11-20)25-24(26(32)19-8-16-23(35-5)17-9-19)27(33)28(34)31(25)22-14-12-21(13-15-22)30(3)4/h6-17,25,32H,1-5H3/b26-24-. The van der Waals surface area contributed by atoms with Gasteiger partial charge in [-0.1, -0.05) is 12.1 Å². The highest BCUT2D eigenvalue weighted by Crippen LogP contribution is 2.42. The fourth-order valence-electron chi connectivity index (χ4n) is 4.18. The minimum Gasteiger partial charge on any atom is -0.507 e. The quantitative estimate of drug-likeness (QED) is 0.325. The maximum absolute atomic E-state index is 13.3. The molecule has 1 N–H and O–H groups in total. The lowest BCUT2D eigenvalue weighted by Crippen LogP contribution is -2.29. The Kier molecular flexibility index (Phi) is 6.51. The summed E-state index contributed by atoms with van der Waals surface area (Å²) in [5, 5.41) is 11.3. The number of amides is 1. The van der Waals surface area contributed by atoms with Crippen molar-refractivity contribution >= 4 is 34.5 Å². The van der Waals surface area contributed by atoms with E-state index in [0.717, 1.165) is 16.9 Å². The lowest BCUT2D eigenvalue weighted by atomic mass is 9.95. The Bertz CT molecular complexity index is 1260. The van der Waals surface area contributed by atoms with E-state index >= 15 is 0 Å². The Morgan fingerprint density at radius 3 is 1.80 bits per heavy atom. The first-order valence-corrected chi connectivity index (χ1v) is 11.2. The molecule has 1 amide bonds. The van der Waals surface area contributed by atoms with E-state index in [1.807, 2.05) is 86.5 Å². The number of ether oxygens (including phenoxy) is 1. The Morgan fingerprint density at radius 2 is 1.31 bits per heavy atom. The number of hydrogen-bond acceptors (Lipinski definition) is 6. The molecule has 1 saturated heterocycles. The molecule has 7 heteroatoms. The van der Waals surface area contributed by atoms with Crippen LogP contribution in [0.1, 0.15) is 17.2 Å². The summed E-state index contributed by atoms with van der Waals surface area (Å²) in [6.45, 7) is 0. The van der Waals surface area contributed by atoms with Gasteiger partial charge in [-0.3, -0.25) is 14.5 Å². The Balaban J connectivity index is 1.88. The summed E-state index contributed by atoms with van der Waals surface area (Å²) in [5.74, 6) is -1.00. The van der Waals surface area contributed by atoms with Gasteiger partial charge in [-0.15, -0.1) is 0 Å². The number of anilines is 3. The van der Waals surface area contributed by atoms with Gasteiger partial charge in [0.1, 0.15) is 11.5 Å². The number of carbonyl (C=O) groups is 2. The molecular weight excluding hydrogens is 442 g/mol. The summed E-state index contributed by atoms with van der Waals surface area (Å²) < 4.78 is 5.20. The molecule has 1 heterocycles. The van der Waals surface area contributed by atoms with Crippen LogP contribution in [0.3, 0.4) is 0 Å². The van der Waals surface area contributed by atoms with Crippen molar-refractivity contribution in [1.29, 1.82) is 0 Å². The van der Waals surface area contributed by atoms with Crippen molar-refractivity contribution in [1.82, 2.24) is 0 Å². The maximum Gasteiger partial charge on any atom is 0.300 e. The zero-order valence-electron chi connectivity index (χ0n) is 20.5. The van der Waals surface area contributed by atoms with Crippen LogP contribution in [0, 0.1) is 0 Å². The lowest BCUT2D eigenvalue weighted by molar-refractivity contribution is -0.132. The van der Waals surface area contributed by atoms with Crippen LogP contribution in [0.4, 0.5) is 17.1 Å². The fraction of sp³-hybridized carbons (Fsp3) is 0.214. The number of hydrogen-bond donors (Lipinski definition) is 1. The Labute approximate surface area is 205 Å². The van der Waals surface area contributed by atoms with Crippen molar-refractivity contribution in [3.8, 4) is 5.75 Å². The largest absolute Gasteiger partial charge is 0.507 e. The third-order valence-electron chi connectivity index (χ3n) is 6.18. The lowest BCUT2D eigenvalue weighted by Gasteiger charge is -2.26. The van der Waals surface area contributed by atoms with Crippen molar-refractivity contribution in [2.75, 3.05) is 50.0 Å². The number of nitrogens with zero attached hydrogens (tertiary/aromatic N) is 3. The second-order valence-corrected chi connectivity index (χ2v) is 8.79. The van der Waals surface area contributed by atoms with Crippen LogP contribution in [-0.2, 0) is 9.59 Å². The molecule has 0 aliphatic carbocycles. The molecule has 0 saturated carbocycles. The van der Waals surface area contributed by atoms with Crippen LogP contribution in [0.5, 0.6) is 5.75 Å². The summed E-state index contributed by atoms with van der Waals surface area (Å²) >= 11 is 0. The van der Waals surface area contributed by atoms with Crippen LogP contribution in [0.25, 0.3) is 5.76 Å². The predicted molar refractivity (Wildman–Crippen MR) is 139 cm³/mol. The second kappa shape index (κ2) is 9.54. The van der Waals surface area contributed by atoms with E-state index in [1.54, 1.807) is 31.4 Å². The highest BCUT2D eigenvalue weighted by molar-refractivity contribution is 6.51. The zero-order valence-corrected chi connectivity index (χ0v) is 20.5. The van der Waals surface area contributed by atoms with Gasteiger partial charge < -0.3 is 19.6 Å². The van der Waals surface area contributed by atoms with Gasteiger partial charge in [-0.05, 0) is 66.2 Å². The molecule has 1 atom stereocenters. The smallest absolute Gasteiger partial charge is 0.300 e. The van der Waals surface area contributed by atoms with Gasteiger partial charge >= 0.3 is 0 Å². The number of methoxy groups -OCH3 is 1. The zero-order chi connectivity index (χ0) is 25.3. The van der Waals surface area contributed by atoms with Crippen LogP contribution in [0.2, 0.25) is 0 Å². The molecule has 4 rings (SSSR count). The summed E-state index contributed by atoms with van der Waals surface area (Å²) in [6, 6.07) is 21.0. The highest BCUT2D eigenvalue weighted by Gasteiger charge is 2.47. The van der Waals surface area contributed by atoms with Crippen molar-refractivity contribution in [3.05, 3.63) is 89.5 Å². The van der Waals surface area contributed by atoms with Gasteiger partial charge in [0, 0.05) is 50.8 Å². The normalized spacial score (nSPS) is 16.9. The van der Waals surface area contributed by atoms with E-state index in [9.17, 15) is 14.7 Å². The number of aliphatic hydroxyl groups is 1. The minimum absolute atomic E-state index is 0.0504. The molecule has 0 radical (unpaired) electrons. The van der Waals surface area contributed by atoms with Crippen LogP contribution in [0.15, 0.2) is 78.4 Å². The number of aliphatic hydroxyl groups excluding tert-OH is 1. The van der Waals surface area contributed by atoms with Gasteiger partial charge in [0.25, 0.3) is 11.7 Å². The second-order valence-electron chi connectivity index (χ2n) is 8.79. The van der Waals surface area contributed by atoms with Crippen molar-refractivity contribution in [2.45, 2.75) is 6.04 Å². The molecule has 1 aliphatic rings. The van der Waals surface area contributed by atoms with Gasteiger partial charge in [0.2, 0.25) is 0 Å². The molecule has 1 unspecified atom stereocenters. The van der Waals surface area contributed by atoms with E-state index in [0.29, 0.717) is 17.0 Å². The molecule has 180 valence electrons. The molecule has 0 aromatic heterocycles. The molecule has 3 aromatic rings. The SMILES string of the molecule is COc1ccc(/C(O)=C2/C(=O)C(=O)N(c3ccc(N(C)C)cc3)C2c2ccc(N(C)C)cc2)cc1. The fourth-order valence-corrected chi connectivity index (χ4v) is 4.18. The first-order valence-electron chi connectivity index (χ1n) is 11.2. The summed E-state index contributed by atoms with van der Waals surface area (Å²) in [7, 11) is 9.30. The van der Waals surface area contributed by atoms with Gasteiger partial charge in [0.15, 0.2) is 0 Å². The third-order valence-corrected chi connectivity index (χ3v) is 6.18. The summed E-state index contributed by atoms with van der Waals surface area (Å²) in [6.07, 6.45) is 0. The third kappa shape index (κ3) is 4.45. The van der Waals surface area contributed by atoms with Gasteiger partial charge in [0.05, 0.1) is 18.7 Å². The van der Waals surface area contributed by atoms with Crippen LogP contribution >= 0.6 is 0 Å². The molecule has 0 bridgehead atoms. The molecule has 7 nitrogen and oxygen atoms in total. The minimum atomic E-state index is -0.779. The number of carbonyl (C=O) groups excluding carboxylic acids is 2. The van der Waals surface area contributed by atoms with Gasteiger partial charge in [-0.2, -0.15) is 0 Å². The van der Waals surface area contributed by atoms with E-state index in [2.05, 4.69) is 0 Å². The van der Waals surface area contributed by atoms with E-state index in [4.69, 9.17) is 4.74 Å². The van der Waals surface area contributed by atoms with Crippen molar-refractivity contribution in [2.24, 2.45) is 0 Å². The first-order chi connectivity index (χ1) is 16.7. The molecule has 1 fully saturated rings. The topological polar surface area (TPSA) is 73.3 Å². The summed E-state index contributed by atoms with van der Waals surface area (Å²) in [4.78, 5) is 32.0. The van der Waals surface area contributed by atoms with E-state index < -0.39 is 17.7 Å². The monoisotopic (exact) mass is 471 g/mol. The van der Waals surface area contributed by atoms with Gasteiger partial charge in [-0.25, -0.2) is 0 Å². The number of benzene rings is 3. The van der Waals surface area contributed by atoms with Crippen LogP contribution in [-0.4, -0.2) is 52.1 Å². The average molecular weight is 472 g/mol. The molecule has 1 aliphatic heterocycles. The van der Waals surface area contributed by atoms with Crippen molar-refractivity contribution in [3.63, 3.8) is 0 Å². The van der Waals surface area contributed by atoms with E-state index in [-0.39, 0.29) is 11.3 Å². The van der Waals surface area contributed by atoms with Crippen molar-refractivity contribution < 1.29 is 19.4 Å². The Hall–Kier alpha value is -4.26. The highest BCUT2D eigenvalue weighted by atomic mass is 16.5. The molecule has 35 heavy (non-hydrogen) atoms. The summed E-state index contributed by atoms with van der Waals surface area (Å²) in [5.41, 5.74) is 3.73. The number of rotatable bonds is 6. The predicted octanol–water partition coefficient (Wildman–Crippen LogP) is 4.45. The first kappa shape index (κ1) is 23.9. The van der Waals surface area contributed by atoms with E-state index in [1.165, 1.54) is 4.90 Å². The van der Waals surface area contributed by atoms with Crippen LogP contribution < -0.4 is 19.4 Å². The molecule has 3 aromatic carbocycles.